The number of aryl methyl sites for hydroxylation is 1. The van der Waals surface area contributed by atoms with Gasteiger partial charge in [0.2, 0.25) is 0 Å². The fraction of sp³-hybridized carbons (Fsp3) is 0.533. The Hall–Kier alpha value is -1.35. The fourth-order valence-electron chi connectivity index (χ4n) is 2.06. The summed E-state index contributed by atoms with van der Waals surface area (Å²) in [6, 6.07) is 5.63. The SMILES string of the molecule is CCc1cc(C(=O)C(C)(C)CCN)ccc1OC. The van der Waals surface area contributed by atoms with Gasteiger partial charge in [0.25, 0.3) is 0 Å². The molecule has 18 heavy (non-hydrogen) atoms. The maximum atomic E-state index is 12.4. The summed E-state index contributed by atoms with van der Waals surface area (Å²) in [4.78, 5) is 12.4. The van der Waals surface area contributed by atoms with Crippen molar-refractivity contribution < 1.29 is 9.53 Å². The van der Waals surface area contributed by atoms with Crippen molar-refractivity contribution in [1.29, 1.82) is 0 Å². The lowest BCUT2D eigenvalue weighted by molar-refractivity contribution is 0.0829. The molecule has 0 atom stereocenters. The summed E-state index contributed by atoms with van der Waals surface area (Å²) in [7, 11) is 1.65. The third kappa shape index (κ3) is 3.10. The number of ether oxygens (including phenoxy) is 1. The highest BCUT2D eigenvalue weighted by molar-refractivity contribution is 6.00. The molecule has 0 heterocycles. The number of nitrogens with two attached hydrogens (primary N) is 1. The van der Waals surface area contributed by atoms with Gasteiger partial charge in [-0.3, -0.25) is 4.79 Å². The number of methoxy groups -OCH3 is 1. The number of ketones is 1. The van der Waals surface area contributed by atoms with Crippen molar-refractivity contribution >= 4 is 5.78 Å². The lowest BCUT2D eigenvalue weighted by Crippen LogP contribution is -2.27. The first-order valence-corrected chi connectivity index (χ1v) is 6.38. The number of benzene rings is 1. The lowest BCUT2D eigenvalue weighted by atomic mass is 9.81. The van der Waals surface area contributed by atoms with E-state index in [1.807, 2.05) is 32.0 Å². The van der Waals surface area contributed by atoms with E-state index in [0.29, 0.717) is 13.0 Å². The molecule has 0 aliphatic carbocycles. The first kappa shape index (κ1) is 14.7. The van der Waals surface area contributed by atoms with Crippen LogP contribution in [-0.4, -0.2) is 19.4 Å². The maximum absolute atomic E-state index is 12.4. The van der Waals surface area contributed by atoms with Gasteiger partial charge in [-0.05, 0) is 43.1 Å². The Kier molecular flexibility index (Phi) is 4.91. The zero-order valence-corrected chi connectivity index (χ0v) is 11.7. The second kappa shape index (κ2) is 6.01. The van der Waals surface area contributed by atoms with Crippen LogP contribution in [0.4, 0.5) is 0 Å². The molecular formula is C15H23NO2. The lowest BCUT2D eigenvalue weighted by Gasteiger charge is -2.22. The molecule has 0 saturated carbocycles. The van der Waals surface area contributed by atoms with Crippen LogP contribution in [0.25, 0.3) is 0 Å². The molecule has 3 nitrogen and oxygen atoms in total. The number of Topliss-reactive ketones (excluding diaryl/α,β-unsaturated/α-hetero) is 1. The second-order valence-corrected chi connectivity index (χ2v) is 5.13. The Morgan fingerprint density at radius 3 is 2.56 bits per heavy atom. The first-order valence-electron chi connectivity index (χ1n) is 6.38. The maximum Gasteiger partial charge on any atom is 0.168 e. The third-order valence-electron chi connectivity index (χ3n) is 3.31. The Morgan fingerprint density at radius 1 is 1.39 bits per heavy atom. The molecule has 0 aliphatic rings. The molecule has 0 unspecified atom stereocenters. The van der Waals surface area contributed by atoms with Gasteiger partial charge in [0.05, 0.1) is 7.11 Å². The smallest absolute Gasteiger partial charge is 0.168 e. The van der Waals surface area contributed by atoms with Crippen molar-refractivity contribution in [2.24, 2.45) is 11.1 Å². The van der Waals surface area contributed by atoms with Gasteiger partial charge in [0, 0.05) is 11.0 Å². The molecule has 0 spiro atoms. The van der Waals surface area contributed by atoms with Gasteiger partial charge in [-0.1, -0.05) is 20.8 Å². The van der Waals surface area contributed by atoms with Crippen LogP contribution in [0.5, 0.6) is 5.75 Å². The van der Waals surface area contributed by atoms with Crippen molar-refractivity contribution in [3.63, 3.8) is 0 Å². The molecule has 0 radical (unpaired) electrons. The molecule has 0 bridgehead atoms. The van der Waals surface area contributed by atoms with Crippen molar-refractivity contribution in [3.8, 4) is 5.75 Å². The number of hydrogen-bond acceptors (Lipinski definition) is 3. The highest BCUT2D eigenvalue weighted by atomic mass is 16.5. The molecular weight excluding hydrogens is 226 g/mol. The van der Waals surface area contributed by atoms with Crippen molar-refractivity contribution in [2.75, 3.05) is 13.7 Å². The average molecular weight is 249 g/mol. The standard InChI is InChI=1S/C15H23NO2/c1-5-11-10-12(6-7-13(11)18-4)14(17)15(2,3)8-9-16/h6-7,10H,5,8-9,16H2,1-4H3. The van der Waals surface area contributed by atoms with Crippen LogP contribution < -0.4 is 10.5 Å². The zero-order chi connectivity index (χ0) is 13.8. The van der Waals surface area contributed by atoms with E-state index in [1.165, 1.54) is 0 Å². The van der Waals surface area contributed by atoms with E-state index >= 15 is 0 Å². The minimum atomic E-state index is -0.408. The number of carbonyl (C=O) groups excluding carboxylic acids is 1. The van der Waals surface area contributed by atoms with Gasteiger partial charge >= 0.3 is 0 Å². The number of hydrogen-bond donors (Lipinski definition) is 1. The van der Waals surface area contributed by atoms with Gasteiger partial charge in [0.1, 0.15) is 5.75 Å². The largest absolute Gasteiger partial charge is 0.496 e. The van der Waals surface area contributed by atoms with Crippen LogP contribution in [0, 0.1) is 5.41 Å². The monoisotopic (exact) mass is 249 g/mol. The highest BCUT2D eigenvalue weighted by Gasteiger charge is 2.28. The van der Waals surface area contributed by atoms with E-state index in [0.717, 1.165) is 23.3 Å². The minimum Gasteiger partial charge on any atom is -0.496 e. The fourth-order valence-corrected chi connectivity index (χ4v) is 2.06. The topological polar surface area (TPSA) is 52.3 Å². The van der Waals surface area contributed by atoms with E-state index in [2.05, 4.69) is 6.92 Å². The van der Waals surface area contributed by atoms with Crippen molar-refractivity contribution in [3.05, 3.63) is 29.3 Å². The second-order valence-electron chi connectivity index (χ2n) is 5.13. The van der Waals surface area contributed by atoms with Gasteiger partial charge in [-0.25, -0.2) is 0 Å². The van der Waals surface area contributed by atoms with Crippen molar-refractivity contribution in [2.45, 2.75) is 33.6 Å². The van der Waals surface area contributed by atoms with E-state index in [1.54, 1.807) is 7.11 Å². The van der Waals surface area contributed by atoms with Crippen LogP contribution >= 0.6 is 0 Å². The summed E-state index contributed by atoms with van der Waals surface area (Å²) in [5.74, 6) is 0.982. The quantitative estimate of drug-likeness (QED) is 0.789. The molecule has 0 amide bonds. The summed E-state index contributed by atoms with van der Waals surface area (Å²) < 4.78 is 5.27. The molecule has 1 aromatic carbocycles. The van der Waals surface area contributed by atoms with Gasteiger partial charge in [-0.15, -0.1) is 0 Å². The van der Waals surface area contributed by atoms with E-state index in [-0.39, 0.29) is 5.78 Å². The van der Waals surface area contributed by atoms with Crippen molar-refractivity contribution in [1.82, 2.24) is 0 Å². The predicted octanol–water partition coefficient (Wildman–Crippen LogP) is 2.82. The van der Waals surface area contributed by atoms with Crippen LogP contribution in [0.3, 0.4) is 0 Å². The van der Waals surface area contributed by atoms with Gasteiger partial charge in [-0.2, -0.15) is 0 Å². The average Bonchev–Trinajstić information content (AvgIpc) is 2.36. The molecule has 1 aromatic rings. The normalized spacial score (nSPS) is 11.4. The molecule has 2 N–H and O–H groups in total. The summed E-state index contributed by atoms with van der Waals surface area (Å²) in [6.45, 7) is 6.46. The van der Waals surface area contributed by atoms with Gasteiger partial charge < -0.3 is 10.5 Å². The summed E-state index contributed by atoms with van der Waals surface area (Å²) in [5, 5.41) is 0. The van der Waals surface area contributed by atoms with Crippen LogP contribution in [0.15, 0.2) is 18.2 Å². The molecule has 0 aromatic heterocycles. The Bertz CT molecular complexity index is 425. The van der Waals surface area contributed by atoms with Gasteiger partial charge in [0.15, 0.2) is 5.78 Å². The van der Waals surface area contributed by atoms with E-state index in [4.69, 9.17) is 10.5 Å². The summed E-state index contributed by atoms with van der Waals surface area (Å²) in [5.41, 5.74) is 6.96. The Labute approximate surface area is 109 Å². The predicted molar refractivity (Wildman–Crippen MR) is 74.2 cm³/mol. The Morgan fingerprint density at radius 2 is 2.06 bits per heavy atom. The van der Waals surface area contributed by atoms with E-state index < -0.39 is 5.41 Å². The molecule has 0 aliphatic heterocycles. The molecule has 1 rings (SSSR count). The highest BCUT2D eigenvalue weighted by Crippen LogP contribution is 2.28. The van der Waals surface area contributed by atoms with Crippen LogP contribution in [0.2, 0.25) is 0 Å². The summed E-state index contributed by atoms with van der Waals surface area (Å²) in [6.07, 6.45) is 1.54. The van der Waals surface area contributed by atoms with Crippen LogP contribution in [-0.2, 0) is 6.42 Å². The van der Waals surface area contributed by atoms with Crippen LogP contribution in [0.1, 0.15) is 43.1 Å². The summed E-state index contributed by atoms with van der Waals surface area (Å²) >= 11 is 0. The minimum absolute atomic E-state index is 0.144. The first-order chi connectivity index (χ1) is 8.46. The molecule has 3 heteroatoms. The molecule has 0 fully saturated rings. The molecule has 0 saturated heterocycles. The Balaban J connectivity index is 3.07. The van der Waals surface area contributed by atoms with E-state index in [9.17, 15) is 4.79 Å². The molecule has 100 valence electrons. The number of carbonyl (C=O) groups is 1. The zero-order valence-electron chi connectivity index (χ0n) is 11.7. The third-order valence-corrected chi connectivity index (χ3v) is 3.31. The number of rotatable bonds is 6.